The normalized spacial score (nSPS) is 12.4. The molecule has 0 atom stereocenters. The van der Waals surface area contributed by atoms with Gasteiger partial charge in [-0.2, -0.15) is 8.42 Å². The van der Waals surface area contributed by atoms with Gasteiger partial charge in [-0.15, -0.1) is 0 Å². The molecule has 1 aliphatic carbocycles. The van der Waals surface area contributed by atoms with Crippen molar-refractivity contribution < 1.29 is 79.0 Å². The zero-order valence-electron chi connectivity index (χ0n) is 39.7. The van der Waals surface area contributed by atoms with Gasteiger partial charge in [0.15, 0.2) is 0 Å². The molecule has 68 heavy (non-hydrogen) atoms. The van der Waals surface area contributed by atoms with Crippen molar-refractivity contribution in [2.75, 3.05) is 178 Å². The summed E-state index contributed by atoms with van der Waals surface area (Å²) in [6.07, 6.45) is 0.253. The minimum atomic E-state index is -3.79. The molecule has 19 heteroatoms. The van der Waals surface area contributed by atoms with Crippen molar-refractivity contribution in [2.45, 2.75) is 24.2 Å². The third-order valence-electron chi connectivity index (χ3n) is 9.95. The van der Waals surface area contributed by atoms with Crippen molar-refractivity contribution >= 4 is 16.2 Å². The van der Waals surface area contributed by atoms with E-state index in [0.29, 0.717) is 172 Å². The Labute approximate surface area is 402 Å². The van der Waals surface area contributed by atoms with E-state index >= 15 is 0 Å². The second-order valence-electron chi connectivity index (χ2n) is 15.0. The molecular formula is C49H73NO17S. The number of fused-ring (bicyclic) bond motifs is 3. The molecule has 0 saturated carbocycles. The van der Waals surface area contributed by atoms with E-state index in [1.54, 1.807) is 12.1 Å². The summed E-state index contributed by atoms with van der Waals surface area (Å²) in [6, 6.07) is 23.0. The number of carbonyl (C=O) groups is 1. The van der Waals surface area contributed by atoms with Crippen LogP contribution in [0.15, 0.2) is 77.7 Å². The number of hydrogen-bond acceptors (Lipinski definition) is 17. The first-order chi connectivity index (χ1) is 33.5. The standard InChI is InChI=1S/C49H73NO17S/c1-42-11-13-43(14-12-42)68(52,53)67-40-39-65-38-37-64-36-35-63-34-33-62-32-31-61-30-29-60-28-27-59-26-25-58-24-23-57-22-21-56-20-19-55-18-17-54-16-6-15-50-49(51)66-41-48-46-9-4-2-7-44(46)45-8-3-5-10-47(45)48/h2-5,7-14,48H,6,15-41H2,1H3,(H,50,51). The highest BCUT2D eigenvalue weighted by Gasteiger charge is 2.29. The van der Waals surface area contributed by atoms with Gasteiger partial charge in [-0.1, -0.05) is 66.2 Å². The van der Waals surface area contributed by atoms with Crippen molar-refractivity contribution in [2.24, 2.45) is 0 Å². The third kappa shape index (κ3) is 25.3. The van der Waals surface area contributed by atoms with Crippen molar-refractivity contribution in [3.8, 4) is 11.1 Å². The summed E-state index contributed by atoms with van der Waals surface area (Å²) in [5.74, 6) is 0.0413. The van der Waals surface area contributed by atoms with Crippen LogP contribution in [0.25, 0.3) is 11.1 Å². The molecule has 3 aromatic carbocycles. The Kier molecular flexibility index (Phi) is 31.2. The molecular weight excluding hydrogens is 907 g/mol. The lowest BCUT2D eigenvalue weighted by Crippen LogP contribution is -2.27. The van der Waals surface area contributed by atoms with E-state index < -0.39 is 16.2 Å². The van der Waals surface area contributed by atoms with Gasteiger partial charge in [0, 0.05) is 19.1 Å². The quantitative estimate of drug-likeness (QED) is 0.0598. The molecule has 4 rings (SSSR count). The van der Waals surface area contributed by atoms with Crippen LogP contribution in [-0.2, 0) is 75.9 Å². The molecule has 382 valence electrons. The molecule has 1 N–H and O–H groups in total. The van der Waals surface area contributed by atoms with Crippen molar-refractivity contribution in [3.05, 3.63) is 89.5 Å². The van der Waals surface area contributed by atoms with Crippen LogP contribution >= 0.6 is 0 Å². The molecule has 18 nitrogen and oxygen atoms in total. The monoisotopic (exact) mass is 979 g/mol. The largest absolute Gasteiger partial charge is 0.449 e. The number of aryl methyl sites for hydroxylation is 1. The number of alkyl carbamates (subject to hydrolysis) is 1. The maximum Gasteiger partial charge on any atom is 0.407 e. The summed E-state index contributed by atoms with van der Waals surface area (Å²) in [5.41, 5.74) is 5.76. The average molecular weight is 980 g/mol. The van der Waals surface area contributed by atoms with E-state index in [9.17, 15) is 13.2 Å². The van der Waals surface area contributed by atoms with Gasteiger partial charge < -0.3 is 66.9 Å². The van der Waals surface area contributed by atoms with Gasteiger partial charge in [0.25, 0.3) is 10.1 Å². The fraction of sp³-hybridized carbons (Fsp3) is 0.612. The van der Waals surface area contributed by atoms with Gasteiger partial charge in [-0.25, -0.2) is 4.79 Å². The summed E-state index contributed by atoms with van der Waals surface area (Å²) >= 11 is 0. The number of nitrogens with one attached hydrogen (secondary N) is 1. The number of carbonyl (C=O) groups excluding carboxylic acids is 1. The predicted molar refractivity (Wildman–Crippen MR) is 252 cm³/mol. The number of benzene rings is 3. The average Bonchev–Trinajstić information content (AvgIpc) is 3.67. The number of amides is 1. The molecule has 0 unspecified atom stereocenters. The molecule has 0 aromatic heterocycles. The van der Waals surface area contributed by atoms with E-state index in [1.807, 2.05) is 31.2 Å². The van der Waals surface area contributed by atoms with E-state index in [0.717, 1.165) is 5.56 Å². The highest BCUT2D eigenvalue weighted by atomic mass is 32.2. The lowest BCUT2D eigenvalue weighted by molar-refractivity contribution is -0.0285. The van der Waals surface area contributed by atoms with Crippen molar-refractivity contribution in [1.29, 1.82) is 0 Å². The second-order valence-corrected chi connectivity index (χ2v) is 16.7. The summed E-state index contributed by atoms with van der Waals surface area (Å²) in [4.78, 5) is 12.4. The highest BCUT2D eigenvalue weighted by Crippen LogP contribution is 2.44. The van der Waals surface area contributed by atoms with E-state index in [2.05, 4.69) is 29.6 Å². The van der Waals surface area contributed by atoms with Crippen LogP contribution in [0, 0.1) is 6.92 Å². The Morgan fingerprint density at radius 1 is 0.441 bits per heavy atom. The van der Waals surface area contributed by atoms with Crippen LogP contribution < -0.4 is 5.32 Å². The topological polar surface area (TPSA) is 192 Å². The molecule has 0 fully saturated rings. The molecule has 0 bridgehead atoms. The van der Waals surface area contributed by atoms with E-state index in [-0.39, 0.29) is 24.0 Å². The van der Waals surface area contributed by atoms with Gasteiger partial charge in [0.1, 0.15) is 6.61 Å². The molecule has 0 radical (unpaired) electrons. The molecule has 1 amide bonds. The third-order valence-corrected chi connectivity index (χ3v) is 11.3. The molecule has 1 aliphatic rings. The highest BCUT2D eigenvalue weighted by molar-refractivity contribution is 7.86. The Morgan fingerprint density at radius 2 is 0.765 bits per heavy atom. The van der Waals surface area contributed by atoms with Crippen LogP contribution in [0.5, 0.6) is 0 Å². The minimum absolute atomic E-state index is 0.0413. The molecule has 0 aliphatic heterocycles. The van der Waals surface area contributed by atoms with Crippen LogP contribution in [0.2, 0.25) is 0 Å². The Bertz CT molecular complexity index is 1790. The van der Waals surface area contributed by atoms with Crippen LogP contribution in [-0.4, -0.2) is 193 Å². The molecule has 0 spiro atoms. The Morgan fingerprint density at radius 3 is 1.13 bits per heavy atom. The molecule has 0 heterocycles. The van der Waals surface area contributed by atoms with Gasteiger partial charge >= 0.3 is 6.09 Å². The number of ether oxygens (including phenoxy) is 13. The van der Waals surface area contributed by atoms with Crippen LogP contribution in [0.4, 0.5) is 4.79 Å². The lowest BCUT2D eigenvalue weighted by Gasteiger charge is -2.14. The van der Waals surface area contributed by atoms with E-state index in [1.165, 1.54) is 34.4 Å². The second kappa shape index (κ2) is 37.2. The molecule has 0 saturated heterocycles. The fourth-order valence-electron chi connectivity index (χ4n) is 6.51. The van der Waals surface area contributed by atoms with Crippen LogP contribution in [0.1, 0.15) is 29.0 Å². The van der Waals surface area contributed by atoms with Crippen molar-refractivity contribution in [1.82, 2.24) is 5.32 Å². The SMILES string of the molecule is Cc1ccc(S(=O)(=O)OCCOCCOCCOCCOCCOCCOCCOCCOCCOCCOCCOCCOCCCNC(=O)OCC2c3ccccc3-c3ccccc32)cc1. The number of hydrogen-bond donors (Lipinski definition) is 1. The zero-order valence-corrected chi connectivity index (χ0v) is 40.5. The summed E-state index contributed by atoms with van der Waals surface area (Å²) in [6.45, 7) is 13.2. The first kappa shape index (κ1) is 56.9. The predicted octanol–water partition coefficient (Wildman–Crippen LogP) is 4.83. The first-order valence-corrected chi connectivity index (χ1v) is 24.8. The van der Waals surface area contributed by atoms with Crippen LogP contribution in [0.3, 0.4) is 0 Å². The summed E-state index contributed by atoms with van der Waals surface area (Å²) < 4.78 is 101. The smallest absolute Gasteiger partial charge is 0.407 e. The van der Waals surface area contributed by atoms with Gasteiger partial charge in [-0.05, 0) is 47.7 Å². The van der Waals surface area contributed by atoms with E-state index in [4.69, 9.17) is 65.8 Å². The maximum absolute atomic E-state index is 12.3. The Balaban J connectivity index is 0.753. The van der Waals surface area contributed by atoms with Gasteiger partial charge in [0.2, 0.25) is 0 Å². The summed E-state index contributed by atoms with van der Waals surface area (Å²) in [5, 5.41) is 2.80. The van der Waals surface area contributed by atoms with Crippen molar-refractivity contribution in [3.63, 3.8) is 0 Å². The number of rotatable bonds is 44. The minimum Gasteiger partial charge on any atom is -0.449 e. The van der Waals surface area contributed by atoms with Gasteiger partial charge in [-0.3, -0.25) is 4.18 Å². The first-order valence-electron chi connectivity index (χ1n) is 23.4. The fourth-order valence-corrected chi connectivity index (χ4v) is 7.40. The molecule has 3 aromatic rings. The maximum atomic E-state index is 12.3. The lowest BCUT2D eigenvalue weighted by atomic mass is 9.98. The zero-order chi connectivity index (χ0) is 48.0. The Hall–Kier alpha value is -3.64. The summed E-state index contributed by atoms with van der Waals surface area (Å²) in [7, 11) is -3.79. The van der Waals surface area contributed by atoms with Gasteiger partial charge in [0.05, 0.1) is 163 Å².